The Hall–Kier alpha value is -1.26. The summed E-state index contributed by atoms with van der Waals surface area (Å²) < 4.78 is 0. The van der Waals surface area contributed by atoms with Gasteiger partial charge in [0.25, 0.3) is 0 Å². The van der Waals surface area contributed by atoms with E-state index in [1.165, 1.54) is 0 Å². The molecule has 1 heterocycles. The highest BCUT2D eigenvalue weighted by atomic mass is 16.3. The molecule has 0 unspecified atom stereocenters. The van der Waals surface area contributed by atoms with E-state index in [1.54, 1.807) is 18.1 Å². The van der Waals surface area contributed by atoms with Gasteiger partial charge in [0.2, 0.25) is 0 Å². The molecule has 3 N–H and O–H groups in total. The highest BCUT2D eigenvalue weighted by Crippen LogP contribution is 2.25. The topological polar surface area (TPSA) is 63.9 Å². The van der Waals surface area contributed by atoms with Gasteiger partial charge in [-0.25, -0.2) is 0 Å². The average Bonchev–Trinajstić information content (AvgIpc) is 2.13. The maximum absolute atomic E-state index is 9.54. The van der Waals surface area contributed by atoms with Crippen molar-refractivity contribution in [2.24, 2.45) is 0 Å². The fourth-order valence-electron chi connectivity index (χ4n) is 1.20. The zero-order valence-electron chi connectivity index (χ0n) is 7.49. The van der Waals surface area contributed by atoms with Crippen molar-refractivity contribution in [2.75, 3.05) is 20.3 Å². The normalized spacial score (nSPS) is 17.9. The fraction of sp³-hybridized carbons (Fsp3) is 0.333. The second kappa shape index (κ2) is 3.64. The van der Waals surface area contributed by atoms with E-state index >= 15 is 0 Å². The zero-order valence-corrected chi connectivity index (χ0v) is 7.49. The standard InChI is InChI=1S/C9H13NO3/c1-6-9(13)8(5-12)7(4-11)3-10(6)2/h3,11-13H,1,4-5H2,2H3. The third-order valence-corrected chi connectivity index (χ3v) is 2.05. The summed E-state index contributed by atoms with van der Waals surface area (Å²) in [6, 6.07) is 0. The SMILES string of the molecule is C=C1C(O)=C(CO)C(CO)=CN1C. The van der Waals surface area contributed by atoms with E-state index in [4.69, 9.17) is 10.2 Å². The van der Waals surface area contributed by atoms with Crippen LogP contribution in [0, 0.1) is 0 Å². The largest absolute Gasteiger partial charge is 0.505 e. The number of aliphatic hydroxyl groups excluding tert-OH is 3. The summed E-state index contributed by atoms with van der Waals surface area (Å²) in [6.45, 7) is 3.11. The molecule has 0 saturated carbocycles. The van der Waals surface area contributed by atoms with E-state index in [1.807, 2.05) is 0 Å². The van der Waals surface area contributed by atoms with Gasteiger partial charge in [0.1, 0.15) is 5.76 Å². The van der Waals surface area contributed by atoms with E-state index < -0.39 is 0 Å². The Morgan fingerprint density at radius 1 is 1.38 bits per heavy atom. The van der Waals surface area contributed by atoms with Gasteiger partial charge in [0.15, 0.2) is 0 Å². The molecule has 4 heteroatoms. The van der Waals surface area contributed by atoms with Crippen molar-refractivity contribution in [1.29, 1.82) is 0 Å². The van der Waals surface area contributed by atoms with Gasteiger partial charge in [-0.2, -0.15) is 0 Å². The summed E-state index contributed by atoms with van der Waals surface area (Å²) in [6.07, 6.45) is 1.63. The van der Waals surface area contributed by atoms with Gasteiger partial charge in [-0.3, -0.25) is 0 Å². The summed E-state index contributed by atoms with van der Waals surface area (Å²) in [5.74, 6) is -0.0587. The lowest BCUT2D eigenvalue weighted by atomic mass is 10.0. The van der Waals surface area contributed by atoms with Crippen LogP contribution < -0.4 is 0 Å². The molecule has 0 aromatic rings. The van der Waals surface area contributed by atoms with Crippen LogP contribution in [0.3, 0.4) is 0 Å². The molecule has 0 fully saturated rings. The van der Waals surface area contributed by atoms with Crippen LogP contribution in [0.1, 0.15) is 0 Å². The number of aliphatic hydroxyl groups is 3. The minimum absolute atomic E-state index is 0.0587. The van der Waals surface area contributed by atoms with E-state index in [2.05, 4.69) is 6.58 Å². The van der Waals surface area contributed by atoms with Crippen molar-refractivity contribution in [3.05, 3.63) is 35.4 Å². The smallest absolute Gasteiger partial charge is 0.144 e. The molecular formula is C9H13NO3. The highest BCUT2D eigenvalue weighted by Gasteiger charge is 2.19. The molecule has 0 radical (unpaired) electrons. The van der Waals surface area contributed by atoms with Gasteiger partial charge in [0, 0.05) is 24.4 Å². The molecule has 0 amide bonds. The average molecular weight is 183 g/mol. The van der Waals surface area contributed by atoms with Crippen molar-refractivity contribution in [1.82, 2.24) is 4.90 Å². The van der Waals surface area contributed by atoms with Crippen molar-refractivity contribution >= 4 is 0 Å². The van der Waals surface area contributed by atoms with Crippen molar-refractivity contribution in [3.8, 4) is 0 Å². The van der Waals surface area contributed by atoms with Gasteiger partial charge in [-0.05, 0) is 0 Å². The molecule has 0 saturated heterocycles. The Bertz CT molecular complexity index is 291. The number of hydrogen-bond donors (Lipinski definition) is 3. The minimum Gasteiger partial charge on any atom is -0.505 e. The Morgan fingerprint density at radius 2 is 2.00 bits per heavy atom. The summed E-state index contributed by atoms with van der Waals surface area (Å²) in [4.78, 5) is 1.60. The minimum atomic E-state index is -0.301. The molecule has 13 heavy (non-hydrogen) atoms. The highest BCUT2D eigenvalue weighted by molar-refractivity contribution is 5.44. The van der Waals surface area contributed by atoms with Crippen LogP contribution in [-0.4, -0.2) is 40.5 Å². The second-order valence-electron chi connectivity index (χ2n) is 2.86. The van der Waals surface area contributed by atoms with Crippen molar-refractivity contribution in [3.63, 3.8) is 0 Å². The van der Waals surface area contributed by atoms with Gasteiger partial charge in [-0.1, -0.05) is 6.58 Å². The first kappa shape index (κ1) is 9.83. The van der Waals surface area contributed by atoms with Crippen molar-refractivity contribution in [2.45, 2.75) is 0 Å². The molecule has 1 aliphatic rings. The Balaban J connectivity index is 3.12. The molecule has 1 rings (SSSR count). The molecule has 0 aromatic heterocycles. The van der Waals surface area contributed by atoms with E-state index in [0.717, 1.165) is 0 Å². The van der Waals surface area contributed by atoms with Crippen molar-refractivity contribution < 1.29 is 15.3 Å². The molecule has 4 nitrogen and oxygen atoms in total. The van der Waals surface area contributed by atoms with E-state index in [9.17, 15) is 5.11 Å². The molecular weight excluding hydrogens is 170 g/mol. The van der Waals surface area contributed by atoms with Gasteiger partial charge >= 0.3 is 0 Å². The molecule has 1 aliphatic heterocycles. The third-order valence-electron chi connectivity index (χ3n) is 2.05. The van der Waals surface area contributed by atoms with Crippen LogP contribution in [0.4, 0.5) is 0 Å². The van der Waals surface area contributed by atoms with E-state index in [-0.39, 0.29) is 19.0 Å². The molecule has 72 valence electrons. The van der Waals surface area contributed by atoms with Crippen LogP contribution in [0.2, 0.25) is 0 Å². The van der Waals surface area contributed by atoms with Crippen LogP contribution in [0.5, 0.6) is 0 Å². The Morgan fingerprint density at radius 3 is 2.46 bits per heavy atom. The number of hydrogen-bond acceptors (Lipinski definition) is 4. The van der Waals surface area contributed by atoms with Crippen LogP contribution in [0.15, 0.2) is 35.4 Å². The lowest BCUT2D eigenvalue weighted by Crippen LogP contribution is -2.21. The summed E-state index contributed by atoms with van der Waals surface area (Å²) in [7, 11) is 1.71. The van der Waals surface area contributed by atoms with Gasteiger partial charge in [-0.15, -0.1) is 0 Å². The third kappa shape index (κ3) is 1.59. The maximum atomic E-state index is 9.54. The zero-order chi connectivity index (χ0) is 10.0. The molecule has 0 aromatic carbocycles. The van der Waals surface area contributed by atoms with Gasteiger partial charge < -0.3 is 20.2 Å². The number of likely N-dealkylation sites (N-methyl/N-ethyl adjacent to an activating group) is 1. The quantitative estimate of drug-likeness (QED) is 0.569. The molecule has 0 aliphatic carbocycles. The van der Waals surface area contributed by atoms with Crippen LogP contribution in [-0.2, 0) is 0 Å². The van der Waals surface area contributed by atoms with Gasteiger partial charge in [0.05, 0.1) is 18.9 Å². The molecule has 0 spiro atoms. The monoisotopic (exact) mass is 183 g/mol. The summed E-state index contributed by atoms with van der Waals surface area (Å²) in [5.41, 5.74) is 1.27. The summed E-state index contributed by atoms with van der Waals surface area (Å²) in [5, 5.41) is 27.4. The van der Waals surface area contributed by atoms with Crippen LogP contribution >= 0.6 is 0 Å². The molecule has 0 bridgehead atoms. The first-order valence-corrected chi connectivity index (χ1v) is 3.88. The first-order chi connectivity index (χ1) is 6.11. The predicted molar refractivity (Wildman–Crippen MR) is 48.8 cm³/mol. The first-order valence-electron chi connectivity index (χ1n) is 3.88. The number of nitrogens with zero attached hydrogens (tertiary/aromatic N) is 1. The van der Waals surface area contributed by atoms with E-state index in [0.29, 0.717) is 16.8 Å². The molecule has 0 atom stereocenters. The number of rotatable bonds is 2. The van der Waals surface area contributed by atoms with Crippen LogP contribution in [0.25, 0.3) is 0 Å². The maximum Gasteiger partial charge on any atom is 0.144 e. The lowest BCUT2D eigenvalue weighted by Gasteiger charge is -2.25. The Kier molecular flexibility index (Phi) is 2.75. The predicted octanol–water partition coefficient (Wildman–Crippen LogP) is 0.126. The lowest BCUT2D eigenvalue weighted by molar-refractivity contribution is 0.287. The summed E-state index contributed by atoms with van der Waals surface area (Å²) >= 11 is 0. The Labute approximate surface area is 76.7 Å². The second-order valence-corrected chi connectivity index (χ2v) is 2.86. The fourth-order valence-corrected chi connectivity index (χ4v) is 1.20.